The van der Waals surface area contributed by atoms with Gasteiger partial charge in [0.2, 0.25) is 0 Å². The molecule has 0 saturated carbocycles. The number of rotatable bonds is 5. The van der Waals surface area contributed by atoms with Crippen LogP contribution >= 0.6 is 11.8 Å². The maximum absolute atomic E-state index is 13.5. The predicted octanol–water partition coefficient (Wildman–Crippen LogP) is 3.56. The van der Waals surface area contributed by atoms with Crippen LogP contribution in [0.2, 0.25) is 0 Å². The van der Waals surface area contributed by atoms with Crippen molar-refractivity contribution >= 4 is 40.3 Å². The van der Waals surface area contributed by atoms with Gasteiger partial charge >= 0.3 is 0 Å². The number of piperazine rings is 1. The van der Waals surface area contributed by atoms with Crippen molar-refractivity contribution in [1.82, 2.24) is 34.4 Å². The molecule has 10 heteroatoms. The van der Waals surface area contributed by atoms with E-state index < -0.39 is 0 Å². The molecule has 35 heavy (non-hydrogen) atoms. The number of carbonyl (C=O) groups is 1. The minimum Gasteiger partial charge on any atom is -0.353 e. The highest BCUT2D eigenvalue weighted by molar-refractivity contribution is 7.98. The predicted molar refractivity (Wildman–Crippen MR) is 136 cm³/mol. The fraction of sp³-hybridized carbons (Fsp3) is 0.240. The summed E-state index contributed by atoms with van der Waals surface area (Å²) >= 11 is 1.61. The zero-order valence-electron chi connectivity index (χ0n) is 19.3. The van der Waals surface area contributed by atoms with Gasteiger partial charge in [-0.15, -0.1) is 0 Å². The zero-order chi connectivity index (χ0) is 23.8. The number of nitrogens with one attached hydrogen (secondary N) is 1. The van der Waals surface area contributed by atoms with Gasteiger partial charge in [0.15, 0.2) is 5.16 Å². The number of amides is 1. The number of para-hydroxylation sites is 2. The Labute approximate surface area is 206 Å². The van der Waals surface area contributed by atoms with Gasteiger partial charge in [0.05, 0.1) is 11.0 Å². The van der Waals surface area contributed by atoms with Crippen LogP contribution in [0.25, 0.3) is 16.8 Å². The summed E-state index contributed by atoms with van der Waals surface area (Å²) in [5.41, 5.74) is 4.63. The number of fused-ring (bicyclic) bond motifs is 2. The molecule has 1 aliphatic rings. The highest BCUT2D eigenvalue weighted by atomic mass is 32.2. The van der Waals surface area contributed by atoms with E-state index in [2.05, 4.69) is 29.9 Å². The van der Waals surface area contributed by atoms with Crippen LogP contribution in [0, 0.1) is 6.92 Å². The Morgan fingerprint density at radius 3 is 2.69 bits per heavy atom. The summed E-state index contributed by atoms with van der Waals surface area (Å²) in [4.78, 5) is 34.3. The van der Waals surface area contributed by atoms with Crippen LogP contribution in [0.5, 0.6) is 0 Å². The minimum atomic E-state index is 0.0715. The number of nitrogens with zero attached hydrogens (tertiary/aromatic N) is 7. The van der Waals surface area contributed by atoms with Crippen LogP contribution < -0.4 is 4.90 Å². The van der Waals surface area contributed by atoms with E-state index in [1.807, 2.05) is 66.4 Å². The van der Waals surface area contributed by atoms with Crippen molar-refractivity contribution in [2.24, 2.45) is 0 Å². The SMILES string of the molecule is Cc1cc(N2CCN(C(=O)c3ccccc3CSc3nc4ccccc4[nH]3)CC2)n2ncnc2n1. The molecule has 6 rings (SSSR count). The molecule has 9 nitrogen and oxygen atoms in total. The molecule has 0 aliphatic carbocycles. The number of aromatic nitrogens is 6. The van der Waals surface area contributed by atoms with Crippen LogP contribution in [-0.4, -0.2) is 66.5 Å². The van der Waals surface area contributed by atoms with Crippen LogP contribution in [0.4, 0.5) is 5.82 Å². The van der Waals surface area contributed by atoms with E-state index in [9.17, 15) is 4.79 Å². The third kappa shape index (κ3) is 4.21. The third-order valence-electron chi connectivity index (χ3n) is 6.23. The van der Waals surface area contributed by atoms with Crippen LogP contribution in [0.15, 0.2) is 66.1 Å². The fourth-order valence-electron chi connectivity index (χ4n) is 4.44. The zero-order valence-corrected chi connectivity index (χ0v) is 20.1. The summed E-state index contributed by atoms with van der Waals surface area (Å²) in [5.74, 6) is 2.29. The molecule has 176 valence electrons. The largest absolute Gasteiger partial charge is 0.353 e. The van der Waals surface area contributed by atoms with Crippen LogP contribution in [0.3, 0.4) is 0 Å². The van der Waals surface area contributed by atoms with Crippen molar-refractivity contribution in [2.75, 3.05) is 31.1 Å². The number of benzene rings is 2. The van der Waals surface area contributed by atoms with E-state index in [-0.39, 0.29) is 5.91 Å². The molecule has 3 aromatic heterocycles. The minimum absolute atomic E-state index is 0.0715. The van der Waals surface area contributed by atoms with Gasteiger partial charge in [-0.2, -0.15) is 14.6 Å². The molecule has 1 aliphatic heterocycles. The Balaban J connectivity index is 1.15. The number of thioether (sulfide) groups is 1. The summed E-state index contributed by atoms with van der Waals surface area (Å²) in [5, 5.41) is 5.17. The van der Waals surface area contributed by atoms with Gasteiger partial charge in [0.25, 0.3) is 11.7 Å². The molecule has 0 bridgehead atoms. The van der Waals surface area contributed by atoms with Gasteiger partial charge in [-0.1, -0.05) is 42.1 Å². The average Bonchev–Trinajstić information content (AvgIpc) is 3.53. The van der Waals surface area contributed by atoms with Gasteiger partial charge < -0.3 is 14.8 Å². The molecule has 0 unspecified atom stereocenters. The molecule has 1 saturated heterocycles. The first-order valence-corrected chi connectivity index (χ1v) is 12.5. The highest BCUT2D eigenvalue weighted by Crippen LogP contribution is 2.26. The Bertz CT molecular complexity index is 1490. The molecule has 1 N–H and O–H groups in total. The Hall–Kier alpha value is -3.92. The third-order valence-corrected chi connectivity index (χ3v) is 7.15. The van der Waals surface area contributed by atoms with E-state index >= 15 is 0 Å². The summed E-state index contributed by atoms with van der Waals surface area (Å²) < 4.78 is 1.76. The lowest BCUT2D eigenvalue weighted by molar-refractivity contribution is 0.0745. The number of imidazole rings is 1. The van der Waals surface area contributed by atoms with Crippen molar-refractivity contribution < 1.29 is 4.79 Å². The molecule has 1 amide bonds. The number of anilines is 1. The van der Waals surface area contributed by atoms with E-state index in [0.717, 1.165) is 51.9 Å². The molecular formula is C25H24N8OS. The van der Waals surface area contributed by atoms with Gasteiger partial charge in [0.1, 0.15) is 12.1 Å². The van der Waals surface area contributed by atoms with Crippen molar-refractivity contribution in [3.63, 3.8) is 0 Å². The number of hydrogen-bond donors (Lipinski definition) is 1. The number of H-pyrrole nitrogens is 1. The van der Waals surface area contributed by atoms with Gasteiger partial charge in [0, 0.05) is 49.3 Å². The van der Waals surface area contributed by atoms with E-state index in [1.54, 1.807) is 16.3 Å². The Morgan fingerprint density at radius 1 is 1.03 bits per heavy atom. The molecule has 5 aromatic rings. The molecule has 1 fully saturated rings. The first kappa shape index (κ1) is 21.6. The molecule has 0 radical (unpaired) electrons. The van der Waals surface area contributed by atoms with Crippen molar-refractivity contribution in [3.05, 3.63) is 77.7 Å². The Morgan fingerprint density at radius 2 is 1.83 bits per heavy atom. The summed E-state index contributed by atoms with van der Waals surface area (Å²) in [6, 6.07) is 17.9. The molecule has 0 atom stereocenters. The molecule has 0 spiro atoms. The molecule has 4 heterocycles. The second-order valence-electron chi connectivity index (χ2n) is 8.51. The number of aryl methyl sites for hydroxylation is 1. The van der Waals surface area contributed by atoms with Crippen LogP contribution in [0.1, 0.15) is 21.6 Å². The maximum atomic E-state index is 13.5. The lowest BCUT2D eigenvalue weighted by Crippen LogP contribution is -2.49. The topological polar surface area (TPSA) is 95.3 Å². The van der Waals surface area contributed by atoms with E-state index in [4.69, 9.17) is 0 Å². The lowest BCUT2D eigenvalue weighted by atomic mass is 10.1. The second kappa shape index (κ2) is 9.03. The molecular weight excluding hydrogens is 460 g/mol. The quantitative estimate of drug-likeness (QED) is 0.381. The Kier molecular flexibility index (Phi) is 5.57. The second-order valence-corrected chi connectivity index (χ2v) is 9.48. The number of hydrogen-bond acceptors (Lipinski definition) is 7. The van der Waals surface area contributed by atoms with Crippen molar-refractivity contribution in [3.8, 4) is 0 Å². The standard InChI is InChI=1S/C25H24N8OS/c1-17-14-22(33-24(28-17)26-16-27-33)31-10-12-32(13-11-31)23(34)19-7-3-2-6-18(19)15-35-25-29-20-8-4-5-9-21(20)30-25/h2-9,14,16H,10-13,15H2,1H3,(H,29,30). The van der Waals surface area contributed by atoms with Gasteiger partial charge in [-0.25, -0.2) is 9.97 Å². The number of carbonyl (C=O) groups excluding carboxylic acids is 1. The average molecular weight is 485 g/mol. The van der Waals surface area contributed by atoms with Gasteiger partial charge in [-0.3, -0.25) is 4.79 Å². The van der Waals surface area contributed by atoms with E-state index in [1.165, 1.54) is 6.33 Å². The van der Waals surface area contributed by atoms with Crippen molar-refractivity contribution in [2.45, 2.75) is 17.8 Å². The normalized spacial score (nSPS) is 14.2. The van der Waals surface area contributed by atoms with Gasteiger partial charge in [-0.05, 0) is 30.7 Å². The molecule has 2 aromatic carbocycles. The highest BCUT2D eigenvalue weighted by Gasteiger charge is 2.25. The lowest BCUT2D eigenvalue weighted by Gasteiger charge is -2.36. The maximum Gasteiger partial charge on any atom is 0.254 e. The summed E-state index contributed by atoms with van der Waals surface area (Å²) in [6.07, 6.45) is 1.52. The van der Waals surface area contributed by atoms with Crippen molar-refractivity contribution in [1.29, 1.82) is 0 Å². The summed E-state index contributed by atoms with van der Waals surface area (Å²) in [6.45, 7) is 4.68. The van der Waals surface area contributed by atoms with E-state index in [0.29, 0.717) is 24.6 Å². The first-order valence-electron chi connectivity index (χ1n) is 11.5. The fourth-order valence-corrected chi connectivity index (χ4v) is 5.33. The monoisotopic (exact) mass is 484 g/mol. The summed E-state index contributed by atoms with van der Waals surface area (Å²) in [7, 11) is 0. The number of aromatic amines is 1. The van der Waals surface area contributed by atoms with Crippen LogP contribution in [-0.2, 0) is 5.75 Å². The first-order chi connectivity index (χ1) is 17.2. The smallest absolute Gasteiger partial charge is 0.254 e.